The zero-order valence-electron chi connectivity index (χ0n) is 19.2. The van der Waals surface area contributed by atoms with E-state index in [1.165, 1.54) is 0 Å². The predicted molar refractivity (Wildman–Crippen MR) is 97.1 cm³/mol. The molecule has 17 heteroatoms. The fourth-order valence-corrected chi connectivity index (χ4v) is 3.19. The van der Waals surface area contributed by atoms with E-state index >= 15 is 0 Å². The van der Waals surface area contributed by atoms with Gasteiger partial charge in [-0.1, -0.05) is 64.7 Å². The van der Waals surface area contributed by atoms with Crippen LogP contribution < -0.4 is 0 Å². The molecule has 0 atom stereocenters. The van der Waals surface area contributed by atoms with Gasteiger partial charge in [0.2, 0.25) is 0 Å². The molecule has 0 aliphatic heterocycles. The molecule has 0 saturated carbocycles. The Morgan fingerprint density at radius 1 is 0.324 bits per heavy atom. The van der Waals surface area contributed by atoms with Gasteiger partial charge in [-0.25, -0.2) is 0 Å². The van der Waals surface area contributed by atoms with Crippen molar-refractivity contribution in [1.82, 2.24) is 0 Å². The molecule has 0 rings (SSSR count). The lowest BCUT2D eigenvalue weighted by Crippen LogP contribution is -2.74. The maximum atomic E-state index is 13.8. The monoisotopic (exact) mass is 588 g/mol. The van der Waals surface area contributed by atoms with Crippen LogP contribution in [-0.4, -0.2) is 47.6 Å². The Kier molecular flexibility index (Phi) is 11.5. The van der Waals surface area contributed by atoms with E-state index in [1.54, 1.807) is 0 Å². The van der Waals surface area contributed by atoms with E-state index in [0.717, 1.165) is 32.1 Å². The normalized spacial score (nSPS) is 15.4. The Labute approximate surface area is 200 Å². The number of rotatable bonds is 17. The van der Waals surface area contributed by atoms with Crippen molar-refractivity contribution in [2.24, 2.45) is 0 Å². The summed E-state index contributed by atoms with van der Waals surface area (Å²) in [7, 11) is 0. The summed E-state index contributed by atoms with van der Waals surface area (Å²) in [4.78, 5) is 0. The molecule has 0 aromatic heterocycles. The van der Waals surface area contributed by atoms with Gasteiger partial charge >= 0.3 is 47.6 Å². The summed E-state index contributed by atoms with van der Waals surface area (Å²) in [6.07, 6.45) is -5.94. The van der Waals surface area contributed by atoms with Gasteiger partial charge < -0.3 is 0 Å². The maximum Gasteiger partial charge on any atom is 0.460 e. The molecule has 0 radical (unpaired) electrons. The van der Waals surface area contributed by atoms with Gasteiger partial charge in [-0.2, -0.15) is 74.6 Å². The third-order valence-corrected chi connectivity index (χ3v) is 5.63. The Morgan fingerprint density at radius 3 is 0.919 bits per heavy atom. The van der Waals surface area contributed by atoms with Gasteiger partial charge in [0.1, 0.15) is 0 Å². The molecule has 224 valence electrons. The first-order chi connectivity index (χ1) is 16.3. The summed E-state index contributed by atoms with van der Waals surface area (Å²) < 4.78 is 224. The lowest BCUT2D eigenvalue weighted by Gasteiger charge is -2.42. The molecule has 0 heterocycles. The number of alkyl halides is 17. The lowest BCUT2D eigenvalue weighted by atomic mass is 9.87. The van der Waals surface area contributed by atoms with Gasteiger partial charge in [0, 0.05) is 6.42 Å². The SMILES string of the molecule is CCCCCCCCCCCCC(F)(F)C(F)(F)C(F)(F)C(F)(F)C(F)(F)C(F)(F)C(F)(F)C(F)(F)F. The van der Waals surface area contributed by atoms with E-state index in [4.69, 9.17) is 0 Å². The number of unbranched alkanes of at least 4 members (excludes halogenated alkanes) is 9. The van der Waals surface area contributed by atoms with Crippen LogP contribution in [-0.2, 0) is 0 Å². The quantitative estimate of drug-likeness (QED) is 0.117. The van der Waals surface area contributed by atoms with E-state index in [-0.39, 0.29) is 12.8 Å². The smallest absolute Gasteiger partial charge is 0.200 e. The molecule has 0 unspecified atom stereocenters. The molecule has 0 aromatic rings. The summed E-state index contributed by atoms with van der Waals surface area (Å²) in [6, 6.07) is 0. The van der Waals surface area contributed by atoms with Crippen LogP contribution in [0.2, 0.25) is 0 Å². The molecule has 37 heavy (non-hydrogen) atoms. The molecule has 0 N–H and O–H groups in total. The van der Waals surface area contributed by atoms with Crippen molar-refractivity contribution in [2.45, 2.75) is 125 Å². The molecule has 0 aliphatic carbocycles. The zero-order valence-corrected chi connectivity index (χ0v) is 19.2. The molecule has 0 fully saturated rings. The topological polar surface area (TPSA) is 0 Å². The van der Waals surface area contributed by atoms with Gasteiger partial charge in [-0.15, -0.1) is 0 Å². The van der Waals surface area contributed by atoms with E-state index in [1.807, 2.05) is 6.92 Å². The highest BCUT2D eigenvalue weighted by molar-refractivity contribution is 5.15. The maximum absolute atomic E-state index is 13.8. The van der Waals surface area contributed by atoms with Crippen molar-refractivity contribution in [1.29, 1.82) is 0 Å². The molecule has 0 aromatic carbocycles. The molecule has 0 amide bonds. The van der Waals surface area contributed by atoms with Crippen LogP contribution in [0.5, 0.6) is 0 Å². The predicted octanol–water partition coefficient (Wildman–Crippen LogP) is 10.3. The van der Waals surface area contributed by atoms with Crippen LogP contribution in [0, 0.1) is 0 Å². The van der Waals surface area contributed by atoms with Crippen molar-refractivity contribution in [2.75, 3.05) is 0 Å². The molecular weight excluding hydrogens is 563 g/mol. The van der Waals surface area contributed by atoms with Crippen LogP contribution in [0.25, 0.3) is 0 Å². The van der Waals surface area contributed by atoms with Crippen molar-refractivity contribution < 1.29 is 74.6 Å². The molecule has 0 nitrogen and oxygen atoms in total. The third-order valence-electron chi connectivity index (χ3n) is 5.63. The summed E-state index contributed by atoms with van der Waals surface area (Å²) in [5, 5.41) is 0. The number of hydrogen-bond donors (Lipinski definition) is 0. The fourth-order valence-electron chi connectivity index (χ4n) is 3.19. The van der Waals surface area contributed by atoms with Crippen molar-refractivity contribution in [3.05, 3.63) is 0 Å². The highest BCUT2D eigenvalue weighted by Crippen LogP contribution is 2.64. The lowest BCUT2D eigenvalue weighted by molar-refractivity contribution is -0.461. The summed E-state index contributed by atoms with van der Waals surface area (Å²) in [5.74, 6) is -55.7. The van der Waals surface area contributed by atoms with E-state index in [0.29, 0.717) is 12.8 Å². The van der Waals surface area contributed by atoms with Gasteiger partial charge in [0.15, 0.2) is 0 Å². The Bertz CT molecular complexity index is 693. The largest absolute Gasteiger partial charge is 0.460 e. The van der Waals surface area contributed by atoms with Crippen LogP contribution in [0.4, 0.5) is 74.6 Å². The van der Waals surface area contributed by atoms with Gasteiger partial charge in [-0.05, 0) is 6.42 Å². The van der Waals surface area contributed by atoms with Crippen molar-refractivity contribution in [3.63, 3.8) is 0 Å². The van der Waals surface area contributed by atoms with Crippen LogP contribution in [0.15, 0.2) is 0 Å². The molecular formula is C20H25F17. The second-order valence-corrected chi connectivity index (χ2v) is 8.58. The third kappa shape index (κ3) is 6.70. The number of hydrogen-bond acceptors (Lipinski definition) is 0. The molecule has 0 bridgehead atoms. The van der Waals surface area contributed by atoms with E-state index in [9.17, 15) is 74.6 Å². The summed E-state index contributed by atoms with van der Waals surface area (Å²) in [5.41, 5.74) is 0. The van der Waals surface area contributed by atoms with Crippen LogP contribution in [0.1, 0.15) is 77.6 Å². The Hall–Kier alpha value is -1.19. The first kappa shape index (κ1) is 35.8. The van der Waals surface area contributed by atoms with Gasteiger partial charge in [0.25, 0.3) is 0 Å². The Balaban J connectivity index is 5.58. The van der Waals surface area contributed by atoms with Crippen molar-refractivity contribution >= 4 is 0 Å². The second-order valence-electron chi connectivity index (χ2n) is 8.58. The minimum atomic E-state index is -8.57. The Morgan fingerprint density at radius 2 is 0.595 bits per heavy atom. The fraction of sp³-hybridized carbons (Fsp3) is 1.00. The van der Waals surface area contributed by atoms with Crippen LogP contribution >= 0.6 is 0 Å². The standard InChI is InChI=1S/C20H25F17/c1-2-3-4-5-6-7-8-9-10-11-12-13(21,22)14(23,24)15(25,26)16(27,28)17(29,30)18(31,32)19(33,34)20(35,36)37/h2-12H2,1H3. The first-order valence-electron chi connectivity index (χ1n) is 11.0. The second kappa shape index (κ2) is 11.9. The summed E-state index contributed by atoms with van der Waals surface area (Å²) in [6.45, 7) is 1.96. The van der Waals surface area contributed by atoms with E-state index < -0.39 is 60.5 Å². The highest BCUT2D eigenvalue weighted by Gasteiger charge is 2.95. The average molecular weight is 588 g/mol. The van der Waals surface area contributed by atoms with Gasteiger partial charge in [-0.3, -0.25) is 0 Å². The van der Waals surface area contributed by atoms with E-state index in [2.05, 4.69) is 0 Å². The highest BCUT2D eigenvalue weighted by atomic mass is 19.4. The van der Waals surface area contributed by atoms with Gasteiger partial charge in [0.05, 0.1) is 0 Å². The molecule has 0 saturated heterocycles. The summed E-state index contributed by atoms with van der Waals surface area (Å²) >= 11 is 0. The molecule has 0 aliphatic rings. The number of halogens is 17. The minimum absolute atomic E-state index is 0.0960. The first-order valence-corrected chi connectivity index (χ1v) is 11.0. The molecule has 0 spiro atoms. The van der Waals surface area contributed by atoms with Crippen molar-refractivity contribution in [3.8, 4) is 0 Å². The zero-order chi connectivity index (χ0) is 29.8. The average Bonchev–Trinajstić information content (AvgIpc) is 2.73. The minimum Gasteiger partial charge on any atom is -0.200 e. The van der Waals surface area contributed by atoms with Crippen LogP contribution in [0.3, 0.4) is 0 Å².